The smallest absolute Gasteiger partial charge is 0.255 e. The first-order valence-electron chi connectivity index (χ1n) is 9.21. The number of rotatable bonds is 10. The number of para-hydroxylation sites is 1. The maximum absolute atomic E-state index is 12.2. The molecule has 0 spiro atoms. The number of ether oxygens (including phenoxy) is 1. The van der Waals surface area contributed by atoms with Gasteiger partial charge >= 0.3 is 0 Å². The summed E-state index contributed by atoms with van der Waals surface area (Å²) in [5.41, 5.74) is 8.01. The van der Waals surface area contributed by atoms with E-state index in [9.17, 15) is 9.59 Å². The van der Waals surface area contributed by atoms with Gasteiger partial charge in [-0.2, -0.15) is 0 Å². The van der Waals surface area contributed by atoms with E-state index < -0.39 is 0 Å². The molecule has 2 aromatic carbocycles. The van der Waals surface area contributed by atoms with Crippen molar-refractivity contribution in [2.45, 2.75) is 26.2 Å². The van der Waals surface area contributed by atoms with Gasteiger partial charge in [0.25, 0.3) is 5.91 Å². The maximum Gasteiger partial charge on any atom is 0.255 e. The van der Waals surface area contributed by atoms with Crippen LogP contribution < -0.4 is 21.1 Å². The Kier molecular flexibility index (Phi) is 8.16. The molecule has 0 unspecified atom stereocenters. The number of nitrogen functional groups attached to an aromatic ring is 1. The third-order valence-corrected chi connectivity index (χ3v) is 4.01. The molecule has 0 bridgehead atoms. The van der Waals surface area contributed by atoms with Crippen LogP contribution in [0.15, 0.2) is 48.5 Å². The number of amides is 2. The summed E-state index contributed by atoms with van der Waals surface area (Å²) < 4.78 is 5.46. The summed E-state index contributed by atoms with van der Waals surface area (Å²) in [4.78, 5) is 24.1. The van der Waals surface area contributed by atoms with Crippen molar-refractivity contribution in [2.75, 3.05) is 25.4 Å². The summed E-state index contributed by atoms with van der Waals surface area (Å²) in [6, 6.07) is 14.7. The van der Waals surface area contributed by atoms with E-state index in [1.807, 2.05) is 37.3 Å². The highest BCUT2D eigenvalue weighted by molar-refractivity contribution is 5.96. The Hall–Kier alpha value is -3.02. The molecule has 2 rings (SSSR count). The van der Waals surface area contributed by atoms with Crippen molar-refractivity contribution < 1.29 is 14.3 Å². The summed E-state index contributed by atoms with van der Waals surface area (Å²) >= 11 is 0. The summed E-state index contributed by atoms with van der Waals surface area (Å²) in [5.74, 6) is 0.357. The molecule has 0 aliphatic heterocycles. The average Bonchev–Trinajstić information content (AvgIpc) is 2.67. The molecule has 6 heteroatoms. The van der Waals surface area contributed by atoms with E-state index in [1.165, 1.54) is 0 Å². The van der Waals surface area contributed by atoms with E-state index >= 15 is 0 Å². The van der Waals surface area contributed by atoms with Gasteiger partial charge in [-0.25, -0.2) is 0 Å². The van der Waals surface area contributed by atoms with Crippen LogP contribution in [0.3, 0.4) is 0 Å². The first-order chi connectivity index (χ1) is 13.1. The molecule has 0 aliphatic rings. The van der Waals surface area contributed by atoms with E-state index in [0.29, 0.717) is 43.9 Å². The SMILES string of the molecule is CCOc1ccccc1C(=O)NCCCC(=O)NCCc1ccc(N)cc1. The Balaban J connectivity index is 1.63. The zero-order valence-corrected chi connectivity index (χ0v) is 15.7. The van der Waals surface area contributed by atoms with Crippen LogP contribution in [0, 0.1) is 0 Å². The first kappa shape index (κ1) is 20.3. The Bertz CT molecular complexity index is 745. The lowest BCUT2D eigenvalue weighted by atomic mass is 10.1. The van der Waals surface area contributed by atoms with Crippen molar-refractivity contribution in [1.29, 1.82) is 0 Å². The lowest BCUT2D eigenvalue weighted by Gasteiger charge is -2.10. The highest BCUT2D eigenvalue weighted by Crippen LogP contribution is 2.17. The number of hydrogen-bond donors (Lipinski definition) is 3. The van der Waals surface area contributed by atoms with Gasteiger partial charge in [0.15, 0.2) is 0 Å². The van der Waals surface area contributed by atoms with E-state index in [2.05, 4.69) is 10.6 Å². The molecule has 0 aromatic heterocycles. The van der Waals surface area contributed by atoms with Gasteiger partial charge in [0.2, 0.25) is 5.91 Å². The van der Waals surface area contributed by atoms with Gasteiger partial charge < -0.3 is 21.1 Å². The van der Waals surface area contributed by atoms with Gasteiger partial charge in [0.1, 0.15) is 5.75 Å². The predicted molar refractivity (Wildman–Crippen MR) is 107 cm³/mol. The second-order valence-corrected chi connectivity index (χ2v) is 6.13. The van der Waals surface area contributed by atoms with Crippen molar-refractivity contribution in [2.24, 2.45) is 0 Å². The van der Waals surface area contributed by atoms with Crippen LogP contribution in [0.2, 0.25) is 0 Å². The molecule has 0 fully saturated rings. The van der Waals surface area contributed by atoms with Gasteiger partial charge in [0.05, 0.1) is 12.2 Å². The quantitative estimate of drug-likeness (QED) is 0.443. The molecular formula is C21H27N3O3. The number of hydrogen-bond acceptors (Lipinski definition) is 4. The van der Waals surface area contributed by atoms with Crippen LogP contribution in [-0.2, 0) is 11.2 Å². The second kappa shape index (κ2) is 10.9. The molecule has 0 aliphatic carbocycles. The first-order valence-corrected chi connectivity index (χ1v) is 9.21. The molecule has 0 saturated carbocycles. The second-order valence-electron chi connectivity index (χ2n) is 6.13. The summed E-state index contributed by atoms with van der Waals surface area (Å²) in [5, 5.41) is 5.72. The summed E-state index contributed by atoms with van der Waals surface area (Å²) in [6.45, 7) is 3.39. The van der Waals surface area contributed by atoms with Crippen molar-refractivity contribution >= 4 is 17.5 Å². The lowest BCUT2D eigenvalue weighted by Crippen LogP contribution is -2.28. The van der Waals surface area contributed by atoms with Crippen LogP contribution in [0.25, 0.3) is 0 Å². The summed E-state index contributed by atoms with van der Waals surface area (Å²) in [7, 11) is 0. The van der Waals surface area contributed by atoms with Crippen molar-refractivity contribution in [1.82, 2.24) is 10.6 Å². The zero-order chi connectivity index (χ0) is 19.5. The fourth-order valence-corrected chi connectivity index (χ4v) is 2.60. The van der Waals surface area contributed by atoms with Gasteiger partial charge in [-0.05, 0) is 49.6 Å². The third-order valence-electron chi connectivity index (χ3n) is 4.01. The van der Waals surface area contributed by atoms with E-state index in [0.717, 1.165) is 17.7 Å². The molecule has 6 nitrogen and oxygen atoms in total. The number of carbonyl (C=O) groups is 2. The van der Waals surface area contributed by atoms with E-state index in [-0.39, 0.29) is 11.8 Å². The minimum atomic E-state index is -0.192. The monoisotopic (exact) mass is 369 g/mol. The highest BCUT2D eigenvalue weighted by atomic mass is 16.5. The molecular weight excluding hydrogens is 342 g/mol. The van der Waals surface area contributed by atoms with Crippen LogP contribution >= 0.6 is 0 Å². The molecule has 4 N–H and O–H groups in total. The third kappa shape index (κ3) is 7.01. The fourth-order valence-electron chi connectivity index (χ4n) is 2.60. The molecule has 0 heterocycles. The molecule has 2 aromatic rings. The van der Waals surface area contributed by atoms with Crippen LogP contribution in [0.5, 0.6) is 5.75 Å². The van der Waals surface area contributed by atoms with Gasteiger partial charge in [-0.1, -0.05) is 24.3 Å². The Morgan fingerprint density at radius 1 is 1.00 bits per heavy atom. The van der Waals surface area contributed by atoms with E-state index in [1.54, 1.807) is 18.2 Å². The Morgan fingerprint density at radius 3 is 2.48 bits per heavy atom. The highest BCUT2D eigenvalue weighted by Gasteiger charge is 2.11. The standard InChI is InChI=1S/C21H27N3O3/c1-2-27-19-7-4-3-6-18(19)21(26)24-14-5-8-20(25)23-15-13-16-9-11-17(22)12-10-16/h3-4,6-7,9-12H,2,5,8,13-15,22H2,1H3,(H,23,25)(H,24,26). The molecule has 27 heavy (non-hydrogen) atoms. The number of anilines is 1. The van der Waals surface area contributed by atoms with E-state index in [4.69, 9.17) is 10.5 Å². The number of carbonyl (C=O) groups excluding carboxylic acids is 2. The Morgan fingerprint density at radius 2 is 1.74 bits per heavy atom. The Labute approximate surface area is 160 Å². The number of nitrogens with one attached hydrogen (secondary N) is 2. The van der Waals surface area contributed by atoms with Crippen molar-refractivity contribution in [3.8, 4) is 5.75 Å². The normalized spacial score (nSPS) is 10.3. The molecule has 144 valence electrons. The minimum Gasteiger partial charge on any atom is -0.493 e. The lowest BCUT2D eigenvalue weighted by molar-refractivity contribution is -0.121. The average molecular weight is 369 g/mol. The summed E-state index contributed by atoms with van der Waals surface area (Å²) in [6.07, 6.45) is 1.71. The largest absolute Gasteiger partial charge is 0.493 e. The molecule has 2 amide bonds. The van der Waals surface area contributed by atoms with Crippen LogP contribution in [0.4, 0.5) is 5.69 Å². The van der Waals surface area contributed by atoms with Gasteiger partial charge in [0, 0.05) is 25.2 Å². The molecule has 0 atom stereocenters. The number of benzene rings is 2. The van der Waals surface area contributed by atoms with Crippen molar-refractivity contribution in [3.05, 3.63) is 59.7 Å². The van der Waals surface area contributed by atoms with Gasteiger partial charge in [-0.3, -0.25) is 9.59 Å². The topological polar surface area (TPSA) is 93.4 Å². The fraction of sp³-hybridized carbons (Fsp3) is 0.333. The predicted octanol–water partition coefficient (Wildman–Crippen LogP) is 2.54. The van der Waals surface area contributed by atoms with Gasteiger partial charge in [-0.15, -0.1) is 0 Å². The molecule has 0 radical (unpaired) electrons. The maximum atomic E-state index is 12.2. The molecule has 0 saturated heterocycles. The number of nitrogens with two attached hydrogens (primary N) is 1. The van der Waals surface area contributed by atoms with Crippen LogP contribution in [0.1, 0.15) is 35.7 Å². The van der Waals surface area contributed by atoms with Crippen molar-refractivity contribution in [3.63, 3.8) is 0 Å². The minimum absolute atomic E-state index is 0.0191. The zero-order valence-electron chi connectivity index (χ0n) is 15.7. The van der Waals surface area contributed by atoms with Crippen LogP contribution in [-0.4, -0.2) is 31.5 Å².